The van der Waals surface area contributed by atoms with Gasteiger partial charge in [0.1, 0.15) is 0 Å². The predicted molar refractivity (Wildman–Crippen MR) is 104 cm³/mol. The summed E-state index contributed by atoms with van der Waals surface area (Å²) < 4.78 is 11.9. The van der Waals surface area contributed by atoms with Crippen LogP contribution < -0.4 is 14.4 Å². The Morgan fingerprint density at radius 3 is 2.62 bits per heavy atom. The van der Waals surface area contributed by atoms with E-state index >= 15 is 0 Å². The van der Waals surface area contributed by atoms with Gasteiger partial charge >= 0.3 is 0 Å². The summed E-state index contributed by atoms with van der Waals surface area (Å²) >= 11 is 0. The van der Waals surface area contributed by atoms with Gasteiger partial charge in [-0.2, -0.15) is 0 Å². The fourth-order valence-electron chi connectivity index (χ4n) is 4.44. The maximum Gasteiger partial charge on any atom is 0.184 e. The molecule has 26 heavy (non-hydrogen) atoms. The molecule has 2 aliphatic heterocycles. The summed E-state index contributed by atoms with van der Waals surface area (Å²) in [5, 5.41) is 0. The van der Waals surface area contributed by atoms with Crippen LogP contribution in [0, 0.1) is 0 Å². The number of hydrogen-bond acceptors (Lipinski definition) is 4. The Kier molecular flexibility index (Phi) is 4.21. The Bertz CT molecular complexity index is 783. The number of anilines is 1. The highest BCUT2D eigenvalue weighted by Crippen LogP contribution is 2.40. The average Bonchev–Trinajstić information content (AvgIpc) is 2.92. The molecule has 0 amide bonds. The van der Waals surface area contributed by atoms with E-state index in [9.17, 15) is 0 Å². The van der Waals surface area contributed by atoms with Crippen LogP contribution in [0.3, 0.4) is 0 Å². The lowest BCUT2D eigenvalue weighted by molar-refractivity contribution is 0.233. The molecule has 1 saturated heterocycles. The second-order valence-corrected chi connectivity index (χ2v) is 7.54. The fourth-order valence-corrected chi connectivity index (χ4v) is 4.44. The standard InChI is InChI=1S/C22H26N2O2/c1-2-6-19-17(5-1)15-18(19)16-23-9-11-24(12-10-23)20-7-3-8-21-22(20)26-14-4-13-25-21/h1-3,5-8,18H,4,9-16H2. The summed E-state index contributed by atoms with van der Waals surface area (Å²) in [7, 11) is 0. The quantitative estimate of drug-likeness (QED) is 0.848. The Morgan fingerprint density at radius 2 is 1.73 bits per heavy atom. The SMILES string of the molecule is c1ccc2c(c1)CC2CN1CCN(c2cccc3c2OCCCO3)CC1. The molecule has 0 aromatic heterocycles. The van der Waals surface area contributed by atoms with E-state index in [1.807, 2.05) is 6.07 Å². The van der Waals surface area contributed by atoms with E-state index in [-0.39, 0.29) is 0 Å². The minimum atomic E-state index is 0.725. The first-order valence-electron chi connectivity index (χ1n) is 9.82. The monoisotopic (exact) mass is 350 g/mol. The molecule has 0 saturated carbocycles. The number of fused-ring (bicyclic) bond motifs is 2. The molecule has 0 spiro atoms. The highest BCUT2D eigenvalue weighted by Gasteiger charge is 2.29. The third-order valence-electron chi connectivity index (χ3n) is 5.90. The molecule has 0 bridgehead atoms. The van der Waals surface area contributed by atoms with Crippen LogP contribution in [0.25, 0.3) is 0 Å². The van der Waals surface area contributed by atoms with E-state index < -0.39 is 0 Å². The molecule has 4 nitrogen and oxygen atoms in total. The molecule has 0 N–H and O–H groups in total. The minimum absolute atomic E-state index is 0.725. The minimum Gasteiger partial charge on any atom is -0.489 e. The van der Waals surface area contributed by atoms with Gasteiger partial charge in [-0.15, -0.1) is 0 Å². The van der Waals surface area contributed by atoms with Crippen LogP contribution >= 0.6 is 0 Å². The summed E-state index contributed by atoms with van der Waals surface area (Å²) in [6.45, 7) is 7.00. The third-order valence-corrected chi connectivity index (χ3v) is 5.90. The largest absolute Gasteiger partial charge is 0.489 e. The van der Waals surface area contributed by atoms with E-state index in [4.69, 9.17) is 9.47 Å². The summed E-state index contributed by atoms with van der Waals surface area (Å²) in [5.41, 5.74) is 4.30. The average molecular weight is 350 g/mol. The zero-order chi connectivity index (χ0) is 17.3. The molecule has 0 radical (unpaired) electrons. The molecule has 1 fully saturated rings. The van der Waals surface area contributed by atoms with Gasteiger partial charge in [-0.1, -0.05) is 30.3 Å². The normalized spacial score (nSPS) is 22.3. The van der Waals surface area contributed by atoms with Crippen molar-refractivity contribution in [2.45, 2.75) is 18.8 Å². The Hall–Kier alpha value is -2.20. The number of benzene rings is 2. The van der Waals surface area contributed by atoms with Gasteiger partial charge in [0.15, 0.2) is 11.5 Å². The van der Waals surface area contributed by atoms with Crippen molar-refractivity contribution in [3.05, 3.63) is 53.6 Å². The van der Waals surface area contributed by atoms with Crippen LogP contribution in [-0.4, -0.2) is 50.8 Å². The van der Waals surface area contributed by atoms with Crippen molar-refractivity contribution in [3.63, 3.8) is 0 Å². The highest BCUT2D eigenvalue weighted by atomic mass is 16.5. The van der Waals surface area contributed by atoms with Gasteiger partial charge in [0.25, 0.3) is 0 Å². The van der Waals surface area contributed by atoms with Crippen molar-refractivity contribution in [2.24, 2.45) is 0 Å². The Balaban J connectivity index is 1.23. The molecule has 3 aliphatic rings. The topological polar surface area (TPSA) is 24.9 Å². The van der Waals surface area contributed by atoms with Crippen LogP contribution in [0.5, 0.6) is 11.5 Å². The zero-order valence-corrected chi connectivity index (χ0v) is 15.2. The summed E-state index contributed by atoms with van der Waals surface area (Å²) in [4.78, 5) is 5.08. The highest BCUT2D eigenvalue weighted by molar-refractivity contribution is 5.65. The summed E-state index contributed by atoms with van der Waals surface area (Å²) in [6, 6.07) is 15.2. The van der Waals surface area contributed by atoms with Gasteiger partial charge in [-0.25, -0.2) is 0 Å². The van der Waals surface area contributed by atoms with Crippen LogP contribution in [0.2, 0.25) is 0 Å². The van der Waals surface area contributed by atoms with Crippen LogP contribution in [-0.2, 0) is 6.42 Å². The number of nitrogens with zero attached hydrogens (tertiary/aromatic N) is 2. The van der Waals surface area contributed by atoms with E-state index in [1.54, 1.807) is 11.1 Å². The fraction of sp³-hybridized carbons (Fsp3) is 0.455. The lowest BCUT2D eigenvalue weighted by Crippen LogP contribution is -2.48. The van der Waals surface area contributed by atoms with Gasteiger partial charge in [0.2, 0.25) is 0 Å². The maximum absolute atomic E-state index is 6.01. The predicted octanol–water partition coefficient (Wildman–Crippen LogP) is 3.31. The number of ether oxygens (including phenoxy) is 2. The van der Waals surface area contributed by atoms with Crippen molar-refractivity contribution in [1.82, 2.24) is 4.90 Å². The maximum atomic E-state index is 6.01. The van der Waals surface area contributed by atoms with Crippen molar-refractivity contribution in [1.29, 1.82) is 0 Å². The van der Waals surface area contributed by atoms with Crippen molar-refractivity contribution < 1.29 is 9.47 Å². The molecule has 4 heteroatoms. The van der Waals surface area contributed by atoms with E-state index in [0.717, 1.165) is 63.2 Å². The summed E-state index contributed by atoms with van der Waals surface area (Å²) in [5.74, 6) is 2.56. The molecule has 5 rings (SSSR count). The molecular formula is C22H26N2O2. The van der Waals surface area contributed by atoms with Gasteiger partial charge in [0.05, 0.1) is 18.9 Å². The van der Waals surface area contributed by atoms with E-state index in [2.05, 4.69) is 46.2 Å². The first kappa shape index (κ1) is 16.0. The van der Waals surface area contributed by atoms with Gasteiger partial charge in [-0.3, -0.25) is 4.90 Å². The number of para-hydroxylation sites is 1. The van der Waals surface area contributed by atoms with E-state index in [1.165, 1.54) is 18.7 Å². The van der Waals surface area contributed by atoms with Crippen molar-refractivity contribution >= 4 is 5.69 Å². The number of rotatable bonds is 3. The second kappa shape index (κ2) is 6.84. The smallest absolute Gasteiger partial charge is 0.184 e. The first-order valence-corrected chi connectivity index (χ1v) is 9.82. The molecule has 1 atom stereocenters. The van der Waals surface area contributed by atoms with Crippen molar-refractivity contribution in [2.75, 3.05) is 50.8 Å². The number of piperazine rings is 1. The van der Waals surface area contributed by atoms with E-state index in [0.29, 0.717) is 0 Å². The Morgan fingerprint density at radius 1 is 0.885 bits per heavy atom. The molecule has 136 valence electrons. The van der Waals surface area contributed by atoms with Crippen LogP contribution in [0.1, 0.15) is 23.5 Å². The zero-order valence-electron chi connectivity index (χ0n) is 15.2. The van der Waals surface area contributed by atoms with Crippen LogP contribution in [0.15, 0.2) is 42.5 Å². The molecule has 1 unspecified atom stereocenters. The molecule has 2 aromatic carbocycles. The lowest BCUT2D eigenvalue weighted by Gasteiger charge is -2.40. The number of hydrogen-bond donors (Lipinski definition) is 0. The molecule has 1 aliphatic carbocycles. The van der Waals surface area contributed by atoms with Gasteiger partial charge in [-0.05, 0) is 29.7 Å². The Labute approximate surface area is 155 Å². The van der Waals surface area contributed by atoms with Gasteiger partial charge in [0, 0.05) is 45.1 Å². The lowest BCUT2D eigenvalue weighted by atomic mass is 9.77. The summed E-state index contributed by atoms with van der Waals surface area (Å²) in [6.07, 6.45) is 2.19. The molecular weight excluding hydrogens is 324 g/mol. The van der Waals surface area contributed by atoms with Gasteiger partial charge < -0.3 is 14.4 Å². The van der Waals surface area contributed by atoms with Crippen molar-refractivity contribution in [3.8, 4) is 11.5 Å². The van der Waals surface area contributed by atoms with Crippen LogP contribution in [0.4, 0.5) is 5.69 Å². The molecule has 2 heterocycles. The third kappa shape index (κ3) is 2.92. The molecule has 2 aromatic rings. The second-order valence-electron chi connectivity index (χ2n) is 7.54. The first-order chi connectivity index (χ1) is 12.9.